The van der Waals surface area contributed by atoms with Crippen LogP contribution in [0, 0.1) is 11.3 Å². The molecule has 0 nitrogen and oxygen atoms in total. The van der Waals surface area contributed by atoms with Gasteiger partial charge in [0.05, 0.1) is 0 Å². The molecule has 3 heteroatoms. The third kappa shape index (κ3) is 7.78. The average molecular weight is 871 g/mol. The Labute approximate surface area is 355 Å². The minimum atomic E-state index is -5.16. The second-order valence-corrected chi connectivity index (χ2v) is 34.9. The first-order valence-electron chi connectivity index (χ1n) is 20.7. The Morgan fingerprint density at radius 1 is 0.536 bits per heavy atom. The molecule has 0 amide bonds. The second-order valence-electron chi connectivity index (χ2n) is 22.2. The Bertz CT molecular complexity index is 2160. The van der Waals surface area contributed by atoms with Gasteiger partial charge < -0.3 is 0 Å². The third-order valence-corrected chi connectivity index (χ3v) is 29.5. The van der Waals surface area contributed by atoms with E-state index < -0.39 is 18.3 Å². The molecule has 0 aromatic heterocycles. The molecule has 1 atom stereocenters. The molecule has 2 aliphatic carbocycles. The van der Waals surface area contributed by atoms with Crippen LogP contribution in [0.1, 0.15) is 151 Å². The minimum absolute atomic E-state index is 0. The van der Waals surface area contributed by atoms with E-state index in [1.54, 1.807) is 3.28 Å². The predicted molar refractivity (Wildman–Crippen MR) is 252 cm³/mol. The summed E-state index contributed by atoms with van der Waals surface area (Å²) in [7, 11) is 0. The predicted octanol–water partition coefficient (Wildman–Crippen LogP) is 13.6. The molecule has 4 aromatic rings. The van der Waals surface area contributed by atoms with E-state index in [1.165, 1.54) is 59.9 Å². The standard InChI is InChI=1S/C21H25.C11H17.2C10H13.CH2.2ClH.Zr/c1-20(2,3)16-9-7-14-11-15-8-10-17(21(4,5)6)13-19(15)18(14)12-16;1-5-9-6-7-10(8-9)11(2,3)4;2*1-10(2,3)9-7-5-4-6-8-9;;;;/h7,9-10,12-13H,11H2,1-6H3;7-9H,5H2,1-4H3;2*5-8H,1-3H3;1H2;2*1H;. The van der Waals surface area contributed by atoms with E-state index in [2.05, 4.69) is 202 Å². The van der Waals surface area contributed by atoms with E-state index in [0.717, 1.165) is 12.8 Å². The topological polar surface area (TPSA) is 0 Å². The molecule has 0 radical (unpaired) electrons. The number of halogens is 2. The zero-order chi connectivity index (χ0) is 40.1. The van der Waals surface area contributed by atoms with Crippen molar-refractivity contribution in [3.8, 4) is 11.1 Å². The molecule has 2 aliphatic rings. The van der Waals surface area contributed by atoms with Crippen LogP contribution in [0.3, 0.4) is 0 Å². The van der Waals surface area contributed by atoms with Gasteiger partial charge in [-0.15, -0.1) is 24.8 Å². The molecule has 302 valence electrons. The van der Waals surface area contributed by atoms with Crippen molar-refractivity contribution < 1.29 is 18.3 Å². The molecule has 0 heterocycles. The summed E-state index contributed by atoms with van der Waals surface area (Å²) in [6, 6.07) is 32.4. The van der Waals surface area contributed by atoms with Crippen molar-refractivity contribution in [2.45, 2.75) is 145 Å². The molecule has 1 unspecified atom stereocenters. The third-order valence-electron chi connectivity index (χ3n) is 13.2. The molecule has 0 aliphatic heterocycles. The molecular formula is C53H72Cl2Zr. The van der Waals surface area contributed by atoms with Crippen LogP contribution in [0.15, 0.2) is 99.9 Å². The second kappa shape index (κ2) is 15.1. The first kappa shape index (κ1) is 46.4. The summed E-state index contributed by atoms with van der Waals surface area (Å²) in [6.45, 7) is 37.7. The van der Waals surface area contributed by atoms with Gasteiger partial charge in [0.1, 0.15) is 0 Å². The molecule has 0 saturated carbocycles. The van der Waals surface area contributed by atoms with Crippen LogP contribution in [-0.2, 0) is 46.4 Å². The summed E-state index contributed by atoms with van der Waals surface area (Å²) in [5, 5.41) is 0. The van der Waals surface area contributed by atoms with Crippen LogP contribution in [0.25, 0.3) is 11.1 Å². The summed E-state index contributed by atoms with van der Waals surface area (Å²) in [5.41, 5.74) is 13.0. The molecule has 0 saturated heterocycles. The van der Waals surface area contributed by atoms with E-state index in [1.807, 2.05) is 0 Å². The number of rotatable bonds is 5. The number of hydrogen-bond acceptors (Lipinski definition) is 0. The number of fused-ring (bicyclic) bond motifs is 3. The van der Waals surface area contributed by atoms with Gasteiger partial charge in [-0.3, -0.25) is 0 Å². The fourth-order valence-corrected chi connectivity index (χ4v) is 25.7. The molecular weight excluding hydrogens is 799 g/mol. The van der Waals surface area contributed by atoms with Crippen LogP contribution in [0.2, 0.25) is 0 Å². The van der Waals surface area contributed by atoms with Gasteiger partial charge in [-0.2, -0.15) is 0 Å². The maximum atomic E-state index is 6.02. The number of benzene rings is 4. The summed E-state index contributed by atoms with van der Waals surface area (Å²) < 4.78 is 12.0. The molecule has 0 spiro atoms. The summed E-state index contributed by atoms with van der Waals surface area (Å²) in [4.78, 5) is 0. The van der Waals surface area contributed by atoms with Crippen molar-refractivity contribution in [3.05, 3.63) is 133 Å². The van der Waals surface area contributed by atoms with Crippen LogP contribution >= 0.6 is 24.8 Å². The van der Waals surface area contributed by atoms with Gasteiger partial charge in [-0.05, 0) is 0 Å². The molecule has 6 rings (SSSR count). The van der Waals surface area contributed by atoms with Crippen molar-refractivity contribution >= 4 is 38.8 Å². The monoisotopic (exact) mass is 868 g/mol. The average Bonchev–Trinajstić information content (AvgIpc) is 3.69. The van der Waals surface area contributed by atoms with Crippen molar-refractivity contribution in [2.24, 2.45) is 11.3 Å². The SMILES string of the molecule is Cl.Cl.[CH2]=[Zr]([C]1=CC(C(C)(C)C)=CC1CC)([c]1ccc(C(C)(C)C)cc1)([c]1ccc(C(C)(C)C)cc1)[c]1cc(C(C)(C)C)cc2c1Cc1ccc(C(C)(C)C)cc1-2. The molecule has 0 N–H and O–H groups in total. The maximum absolute atomic E-state index is 6.02. The fourth-order valence-electron chi connectivity index (χ4n) is 9.31. The Morgan fingerprint density at radius 3 is 1.38 bits per heavy atom. The van der Waals surface area contributed by atoms with E-state index in [4.69, 9.17) is 4.21 Å². The first-order valence-corrected chi connectivity index (χ1v) is 27.4. The summed E-state index contributed by atoms with van der Waals surface area (Å²) in [6.07, 6.45) is 7.29. The Morgan fingerprint density at radius 2 is 0.964 bits per heavy atom. The van der Waals surface area contributed by atoms with E-state index in [0.29, 0.717) is 5.92 Å². The van der Waals surface area contributed by atoms with Crippen molar-refractivity contribution in [1.82, 2.24) is 0 Å². The normalized spacial score (nSPS) is 16.3. The Balaban J connectivity index is 0.00000348. The van der Waals surface area contributed by atoms with Gasteiger partial charge in [0.25, 0.3) is 0 Å². The first-order chi connectivity index (χ1) is 24.7. The summed E-state index contributed by atoms with van der Waals surface area (Å²) >= 11 is -5.16. The van der Waals surface area contributed by atoms with Crippen LogP contribution in [-0.4, -0.2) is 4.21 Å². The quantitative estimate of drug-likeness (QED) is 0.165. The number of hydrogen-bond donors (Lipinski definition) is 0. The Kier molecular flexibility index (Phi) is 12.5. The fraction of sp³-hybridized carbons (Fsp3) is 0.453. The van der Waals surface area contributed by atoms with Crippen molar-refractivity contribution in [1.29, 1.82) is 0 Å². The van der Waals surface area contributed by atoms with Gasteiger partial charge in [-0.25, -0.2) is 0 Å². The molecule has 0 bridgehead atoms. The van der Waals surface area contributed by atoms with Crippen molar-refractivity contribution in [3.63, 3.8) is 0 Å². The van der Waals surface area contributed by atoms with Gasteiger partial charge in [0.2, 0.25) is 0 Å². The van der Waals surface area contributed by atoms with Gasteiger partial charge >= 0.3 is 333 Å². The Hall–Kier alpha value is -2.31. The zero-order valence-corrected chi connectivity index (χ0v) is 41.8. The molecule has 0 fully saturated rings. The summed E-state index contributed by atoms with van der Waals surface area (Å²) in [5.74, 6) is 0.317. The molecule has 4 aromatic carbocycles. The number of allylic oxidation sites excluding steroid dienone is 4. The van der Waals surface area contributed by atoms with E-state index >= 15 is 0 Å². The van der Waals surface area contributed by atoms with Gasteiger partial charge in [0, 0.05) is 0 Å². The van der Waals surface area contributed by atoms with Crippen molar-refractivity contribution in [2.75, 3.05) is 0 Å². The van der Waals surface area contributed by atoms with Gasteiger partial charge in [0.15, 0.2) is 0 Å². The van der Waals surface area contributed by atoms with Crippen LogP contribution in [0.4, 0.5) is 0 Å². The van der Waals surface area contributed by atoms with Gasteiger partial charge in [-0.1, -0.05) is 0 Å². The zero-order valence-electron chi connectivity index (χ0n) is 37.7. The molecule has 56 heavy (non-hydrogen) atoms. The van der Waals surface area contributed by atoms with Crippen LogP contribution < -0.4 is 9.81 Å². The van der Waals surface area contributed by atoms with E-state index in [-0.39, 0.29) is 51.9 Å². The van der Waals surface area contributed by atoms with Crippen LogP contribution in [0.5, 0.6) is 0 Å². The van der Waals surface area contributed by atoms with E-state index in [9.17, 15) is 0 Å².